The van der Waals surface area contributed by atoms with E-state index < -0.39 is 18.1 Å². The zero-order valence-corrected chi connectivity index (χ0v) is 19.1. The number of ether oxygens (including phenoxy) is 1. The minimum Gasteiger partial charge on any atom is -0.481 e. The average molecular weight is 463 g/mol. The molecule has 0 bridgehead atoms. The lowest BCUT2D eigenvalue weighted by Crippen LogP contribution is -2.48. The van der Waals surface area contributed by atoms with Gasteiger partial charge in [-0.25, -0.2) is 4.79 Å². The van der Waals surface area contributed by atoms with Crippen molar-refractivity contribution in [2.24, 2.45) is 5.92 Å². The molecule has 7 heteroatoms. The van der Waals surface area contributed by atoms with Gasteiger partial charge in [0.25, 0.3) is 0 Å². The van der Waals surface area contributed by atoms with Crippen LogP contribution in [0.25, 0.3) is 11.1 Å². The Morgan fingerprint density at radius 1 is 1.12 bits per heavy atom. The fraction of sp³-hybridized carbons (Fsp3) is 0.370. The summed E-state index contributed by atoms with van der Waals surface area (Å²) in [6.07, 6.45) is 2.74. The number of hydrogen-bond acceptors (Lipinski definition) is 4. The van der Waals surface area contributed by atoms with Crippen LogP contribution in [0.15, 0.2) is 61.2 Å². The van der Waals surface area contributed by atoms with Crippen LogP contribution in [-0.2, 0) is 14.3 Å². The van der Waals surface area contributed by atoms with E-state index in [0.717, 1.165) is 22.3 Å². The molecular weight excluding hydrogens is 432 g/mol. The van der Waals surface area contributed by atoms with Gasteiger partial charge in [-0.3, -0.25) is 9.59 Å². The molecule has 2 aromatic carbocycles. The van der Waals surface area contributed by atoms with E-state index in [4.69, 9.17) is 9.84 Å². The summed E-state index contributed by atoms with van der Waals surface area (Å²) in [6.45, 7) is 4.77. The smallest absolute Gasteiger partial charge is 0.407 e. The summed E-state index contributed by atoms with van der Waals surface area (Å²) in [5, 5.41) is 11.8. The van der Waals surface area contributed by atoms with Crippen LogP contribution in [0.4, 0.5) is 4.79 Å². The lowest BCUT2D eigenvalue weighted by molar-refractivity contribution is -0.138. The van der Waals surface area contributed by atoms with Crippen LogP contribution < -0.4 is 5.32 Å². The Hall–Kier alpha value is -3.61. The number of fused-ring (bicyclic) bond motifs is 3. The Kier molecular flexibility index (Phi) is 7.30. The Labute approximate surface area is 199 Å². The quantitative estimate of drug-likeness (QED) is 0.545. The van der Waals surface area contributed by atoms with Gasteiger partial charge in [0.2, 0.25) is 5.91 Å². The molecule has 1 aliphatic heterocycles. The number of nitrogens with one attached hydrogen (secondary N) is 1. The third kappa shape index (κ3) is 5.14. The third-order valence-corrected chi connectivity index (χ3v) is 6.65. The van der Waals surface area contributed by atoms with Crippen LogP contribution in [0.5, 0.6) is 0 Å². The number of amides is 2. The number of hydrogen-bond donors (Lipinski definition) is 2. The molecule has 2 aliphatic rings. The predicted octanol–water partition coefficient (Wildman–Crippen LogP) is 4.18. The number of aliphatic carboxylic acids is 1. The van der Waals surface area contributed by atoms with Gasteiger partial charge >= 0.3 is 12.1 Å². The summed E-state index contributed by atoms with van der Waals surface area (Å²) >= 11 is 0. The molecule has 2 unspecified atom stereocenters. The highest BCUT2D eigenvalue weighted by Gasteiger charge is 2.33. The molecule has 2 N–H and O–H groups in total. The van der Waals surface area contributed by atoms with Gasteiger partial charge in [0.15, 0.2) is 0 Å². The van der Waals surface area contributed by atoms with Crippen LogP contribution in [0, 0.1) is 5.92 Å². The molecule has 0 saturated carbocycles. The minimum atomic E-state index is -0.862. The zero-order chi connectivity index (χ0) is 24.1. The first-order valence-electron chi connectivity index (χ1n) is 11.7. The van der Waals surface area contributed by atoms with Crippen molar-refractivity contribution in [2.75, 3.05) is 19.7 Å². The number of carboxylic acid groups (broad SMARTS) is 1. The number of carbonyl (C=O) groups excluding carboxylic acids is 2. The molecule has 1 saturated heterocycles. The molecule has 1 fully saturated rings. The van der Waals surface area contributed by atoms with Crippen molar-refractivity contribution >= 4 is 18.0 Å². The molecule has 2 atom stereocenters. The SMILES string of the molecule is C=CCCC(NC(=O)OCC1c2ccccc2-c2ccccc21)C(=O)N1CCC(CC(=O)O)C1. The van der Waals surface area contributed by atoms with Gasteiger partial charge in [0.1, 0.15) is 12.6 Å². The van der Waals surface area contributed by atoms with E-state index in [2.05, 4.69) is 36.2 Å². The molecule has 2 amide bonds. The second-order valence-corrected chi connectivity index (χ2v) is 8.93. The van der Waals surface area contributed by atoms with Crippen LogP contribution in [-0.4, -0.2) is 53.7 Å². The zero-order valence-electron chi connectivity index (χ0n) is 19.1. The highest BCUT2D eigenvalue weighted by molar-refractivity contribution is 5.86. The third-order valence-electron chi connectivity index (χ3n) is 6.65. The molecule has 34 heavy (non-hydrogen) atoms. The number of carboxylic acids is 1. The van der Waals surface area contributed by atoms with E-state index in [1.54, 1.807) is 11.0 Å². The number of alkyl carbamates (subject to hydrolysis) is 1. The summed E-state index contributed by atoms with van der Waals surface area (Å²) in [5.41, 5.74) is 4.54. The standard InChI is InChI=1S/C27H30N2O5/c1-2-3-12-24(26(32)29-14-13-18(16-29)15-25(30)31)28-27(33)34-17-23-21-10-6-4-8-19(21)20-9-5-7-11-22(20)23/h2,4-11,18,23-24H,1,3,12-17H2,(H,28,33)(H,30,31). The Morgan fingerprint density at radius 3 is 2.38 bits per heavy atom. The van der Waals surface area contributed by atoms with Gasteiger partial charge in [-0.1, -0.05) is 54.6 Å². The van der Waals surface area contributed by atoms with Gasteiger partial charge in [0.05, 0.1) is 0 Å². The first-order valence-corrected chi connectivity index (χ1v) is 11.7. The molecule has 2 aromatic rings. The molecular formula is C27H30N2O5. The number of carbonyl (C=O) groups is 3. The van der Waals surface area contributed by atoms with Crippen molar-refractivity contribution in [3.63, 3.8) is 0 Å². The summed E-state index contributed by atoms with van der Waals surface area (Å²) in [5.74, 6) is -1.19. The van der Waals surface area contributed by atoms with Crippen molar-refractivity contribution in [3.8, 4) is 11.1 Å². The number of likely N-dealkylation sites (tertiary alicyclic amines) is 1. The largest absolute Gasteiger partial charge is 0.481 e. The van der Waals surface area contributed by atoms with E-state index in [-0.39, 0.29) is 30.8 Å². The van der Waals surface area contributed by atoms with E-state index in [1.807, 2.05) is 24.3 Å². The molecule has 4 rings (SSSR count). The average Bonchev–Trinajstić information content (AvgIpc) is 3.42. The van der Waals surface area contributed by atoms with Gasteiger partial charge in [-0.05, 0) is 47.4 Å². The molecule has 7 nitrogen and oxygen atoms in total. The minimum absolute atomic E-state index is 0.0426. The maximum Gasteiger partial charge on any atom is 0.407 e. The second-order valence-electron chi connectivity index (χ2n) is 8.93. The second kappa shape index (κ2) is 10.5. The fourth-order valence-corrected chi connectivity index (χ4v) is 4.99. The first-order chi connectivity index (χ1) is 16.5. The number of rotatable bonds is 9. The summed E-state index contributed by atoms with van der Waals surface area (Å²) in [4.78, 5) is 38.4. The normalized spacial score (nSPS) is 17.5. The summed E-state index contributed by atoms with van der Waals surface area (Å²) < 4.78 is 5.61. The highest BCUT2D eigenvalue weighted by atomic mass is 16.5. The fourth-order valence-electron chi connectivity index (χ4n) is 4.99. The summed E-state index contributed by atoms with van der Waals surface area (Å²) in [7, 11) is 0. The molecule has 0 aromatic heterocycles. The van der Waals surface area contributed by atoms with Crippen molar-refractivity contribution in [1.29, 1.82) is 0 Å². The lowest BCUT2D eigenvalue weighted by Gasteiger charge is -2.24. The molecule has 0 spiro atoms. The van der Waals surface area contributed by atoms with Gasteiger partial charge in [-0.2, -0.15) is 0 Å². The van der Waals surface area contributed by atoms with Crippen LogP contribution in [0.2, 0.25) is 0 Å². The van der Waals surface area contributed by atoms with Crippen molar-refractivity contribution in [2.45, 2.75) is 37.6 Å². The van der Waals surface area contributed by atoms with Gasteiger partial charge in [-0.15, -0.1) is 6.58 Å². The van der Waals surface area contributed by atoms with E-state index in [1.165, 1.54) is 0 Å². The molecule has 1 heterocycles. The number of allylic oxidation sites excluding steroid dienone is 1. The van der Waals surface area contributed by atoms with E-state index in [9.17, 15) is 14.4 Å². The molecule has 1 aliphatic carbocycles. The van der Waals surface area contributed by atoms with Crippen molar-refractivity contribution in [1.82, 2.24) is 10.2 Å². The topological polar surface area (TPSA) is 95.9 Å². The maximum absolute atomic E-state index is 13.1. The van der Waals surface area contributed by atoms with Crippen molar-refractivity contribution < 1.29 is 24.2 Å². The number of benzene rings is 2. The van der Waals surface area contributed by atoms with Gasteiger partial charge < -0.3 is 20.1 Å². The maximum atomic E-state index is 13.1. The van der Waals surface area contributed by atoms with Crippen LogP contribution in [0.3, 0.4) is 0 Å². The molecule has 0 radical (unpaired) electrons. The summed E-state index contributed by atoms with van der Waals surface area (Å²) in [6, 6.07) is 15.5. The van der Waals surface area contributed by atoms with Crippen LogP contribution >= 0.6 is 0 Å². The van der Waals surface area contributed by atoms with E-state index >= 15 is 0 Å². The number of nitrogens with zero attached hydrogens (tertiary/aromatic N) is 1. The lowest BCUT2D eigenvalue weighted by atomic mass is 9.98. The van der Waals surface area contributed by atoms with Crippen molar-refractivity contribution in [3.05, 3.63) is 72.3 Å². The molecule has 178 valence electrons. The monoisotopic (exact) mass is 462 g/mol. The Bertz CT molecular complexity index is 1040. The van der Waals surface area contributed by atoms with E-state index in [0.29, 0.717) is 32.4 Å². The predicted molar refractivity (Wildman–Crippen MR) is 128 cm³/mol. The van der Waals surface area contributed by atoms with Crippen LogP contribution in [0.1, 0.15) is 42.7 Å². The first kappa shape index (κ1) is 23.5. The highest BCUT2D eigenvalue weighted by Crippen LogP contribution is 2.44. The Balaban J connectivity index is 1.39. The van der Waals surface area contributed by atoms with Gasteiger partial charge in [0, 0.05) is 25.4 Å². The Morgan fingerprint density at radius 2 is 1.76 bits per heavy atom.